The Morgan fingerprint density at radius 1 is 0.568 bits per heavy atom. The summed E-state index contributed by atoms with van der Waals surface area (Å²) < 4.78 is 9.15. The van der Waals surface area contributed by atoms with Crippen LogP contribution < -0.4 is 21.3 Å². The van der Waals surface area contributed by atoms with Crippen LogP contribution in [0.2, 0.25) is 0 Å². The van der Waals surface area contributed by atoms with Crippen LogP contribution in [0.4, 0.5) is 0 Å². The molecule has 2 aliphatic heterocycles. The van der Waals surface area contributed by atoms with Gasteiger partial charge in [-0.3, -0.25) is 0 Å². The van der Waals surface area contributed by atoms with Crippen molar-refractivity contribution < 1.29 is 4.74 Å². The van der Waals surface area contributed by atoms with Crippen LogP contribution >= 0.6 is 0 Å². The van der Waals surface area contributed by atoms with E-state index in [1.165, 1.54) is 65.8 Å². The van der Waals surface area contributed by atoms with Crippen LogP contribution in [0.25, 0.3) is 49.3 Å². The van der Waals surface area contributed by atoms with E-state index in [0.717, 1.165) is 11.5 Å². The maximum absolute atomic E-state index is 6.67. The third kappa shape index (κ3) is 2.46. The van der Waals surface area contributed by atoms with Gasteiger partial charge in [-0.05, 0) is 68.4 Å². The largest absolute Gasteiger partial charge is 0.458 e. The average molecular weight is 469 g/mol. The van der Waals surface area contributed by atoms with E-state index in [1.54, 1.807) is 0 Å². The topological polar surface area (TPSA) is 14.2 Å². The molecule has 2 aliphatic rings. The van der Waals surface area contributed by atoms with Crippen molar-refractivity contribution in [1.29, 1.82) is 0 Å². The van der Waals surface area contributed by atoms with E-state index in [4.69, 9.17) is 4.74 Å². The van der Waals surface area contributed by atoms with E-state index in [-0.39, 0.29) is 6.71 Å². The standard InChI is InChI=1S/C34H20BNO/c1-2-10-23(11-3-1)36-29-15-7-6-13-25(29)32-26-14-8-16-30-33(26)35(34(32)36)28-19-22-18-17-21-9-4-5-12-24(21)27(22)20-31(28)37-30/h1-20H. The Morgan fingerprint density at radius 2 is 1.35 bits per heavy atom. The van der Waals surface area contributed by atoms with Crippen molar-refractivity contribution in [3.05, 3.63) is 121 Å². The van der Waals surface area contributed by atoms with Gasteiger partial charge in [-0.2, -0.15) is 0 Å². The van der Waals surface area contributed by atoms with Crippen molar-refractivity contribution in [2.45, 2.75) is 0 Å². The lowest BCUT2D eigenvalue weighted by Gasteiger charge is -2.26. The predicted octanol–water partition coefficient (Wildman–Crippen LogP) is 6.54. The molecule has 0 amide bonds. The van der Waals surface area contributed by atoms with Gasteiger partial charge in [-0.1, -0.05) is 91.0 Å². The Morgan fingerprint density at radius 3 is 2.27 bits per heavy atom. The summed E-state index contributed by atoms with van der Waals surface area (Å²) in [6.45, 7) is 0.105. The molecule has 0 radical (unpaired) electrons. The first-order chi connectivity index (χ1) is 18.4. The van der Waals surface area contributed by atoms with Crippen molar-refractivity contribution in [3.63, 3.8) is 0 Å². The van der Waals surface area contributed by atoms with Gasteiger partial charge >= 0.3 is 0 Å². The molecule has 3 heterocycles. The molecule has 0 atom stereocenters. The SMILES string of the molecule is c1ccc(-n2c3c(c4ccccc42)-c2cccc4c2B3c2cc3ccc5ccccc5c3cc2O4)cc1. The Labute approximate surface area is 214 Å². The molecule has 3 heteroatoms. The Balaban J connectivity index is 1.42. The smallest absolute Gasteiger partial charge is 0.273 e. The van der Waals surface area contributed by atoms with Gasteiger partial charge < -0.3 is 9.30 Å². The molecule has 6 aromatic carbocycles. The predicted molar refractivity (Wildman–Crippen MR) is 155 cm³/mol. The first kappa shape index (κ1) is 19.4. The summed E-state index contributed by atoms with van der Waals surface area (Å²) >= 11 is 0. The van der Waals surface area contributed by atoms with Gasteiger partial charge in [0.1, 0.15) is 11.5 Å². The Bertz CT molecular complexity index is 2070. The van der Waals surface area contributed by atoms with E-state index < -0.39 is 0 Å². The highest BCUT2D eigenvalue weighted by Crippen LogP contribution is 2.40. The molecule has 0 aliphatic carbocycles. The number of hydrogen-bond donors (Lipinski definition) is 0. The van der Waals surface area contributed by atoms with E-state index in [0.29, 0.717) is 0 Å². The molecule has 9 rings (SSSR count). The fraction of sp³-hybridized carbons (Fsp3) is 0. The zero-order valence-electron chi connectivity index (χ0n) is 20.0. The van der Waals surface area contributed by atoms with Crippen molar-refractivity contribution in [3.8, 4) is 28.3 Å². The molecule has 7 aromatic rings. The zero-order chi connectivity index (χ0) is 24.1. The molecule has 170 valence electrons. The van der Waals surface area contributed by atoms with E-state index in [1.807, 2.05) is 0 Å². The molecular weight excluding hydrogens is 449 g/mol. The van der Waals surface area contributed by atoms with Gasteiger partial charge in [-0.25, -0.2) is 0 Å². The van der Waals surface area contributed by atoms with Crippen LogP contribution in [0.3, 0.4) is 0 Å². The quantitative estimate of drug-likeness (QED) is 0.197. The van der Waals surface area contributed by atoms with Crippen molar-refractivity contribution >= 4 is 55.7 Å². The van der Waals surface area contributed by atoms with Crippen LogP contribution in [0.15, 0.2) is 121 Å². The maximum Gasteiger partial charge on any atom is 0.273 e. The highest BCUT2D eigenvalue weighted by atomic mass is 16.5. The second-order valence-corrected chi connectivity index (χ2v) is 10.1. The molecule has 0 saturated carbocycles. The van der Waals surface area contributed by atoms with E-state index in [9.17, 15) is 0 Å². The fourth-order valence-electron chi connectivity index (χ4n) is 6.74. The molecule has 37 heavy (non-hydrogen) atoms. The summed E-state index contributed by atoms with van der Waals surface area (Å²) in [5.74, 6) is 1.92. The molecule has 0 N–H and O–H groups in total. The van der Waals surface area contributed by atoms with Crippen molar-refractivity contribution in [1.82, 2.24) is 4.57 Å². The number of aromatic nitrogens is 1. The Hall–Kier alpha value is -4.76. The normalized spacial score (nSPS) is 13.0. The number of ether oxygens (including phenoxy) is 1. The lowest BCUT2D eigenvalue weighted by atomic mass is 9.39. The van der Waals surface area contributed by atoms with Crippen LogP contribution in [-0.2, 0) is 0 Å². The highest BCUT2D eigenvalue weighted by molar-refractivity contribution is 7.00. The second kappa shape index (κ2) is 6.92. The number of benzene rings is 6. The van der Waals surface area contributed by atoms with Gasteiger partial charge in [0.2, 0.25) is 0 Å². The highest BCUT2D eigenvalue weighted by Gasteiger charge is 2.44. The van der Waals surface area contributed by atoms with Gasteiger partial charge in [0.15, 0.2) is 0 Å². The number of hydrogen-bond acceptors (Lipinski definition) is 1. The molecule has 1 aromatic heterocycles. The molecule has 0 spiro atoms. The minimum atomic E-state index is 0.105. The van der Waals surface area contributed by atoms with Crippen molar-refractivity contribution in [2.24, 2.45) is 0 Å². The van der Waals surface area contributed by atoms with E-state index >= 15 is 0 Å². The maximum atomic E-state index is 6.67. The van der Waals surface area contributed by atoms with E-state index in [2.05, 4.69) is 126 Å². The minimum absolute atomic E-state index is 0.105. The Kier molecular flexibility index (Phi) is 3.64. The molecule has 2 nitrogen and oxygen atoms in total. The summed E-state index contributed by atoms with van der Waals surface area (Å²) in [6, 6.07) is 43.8. The lowest BCUT2D eigenvalue weighted by Crippen LogP contribution is -2.54. The molecule has 0 unspecified atom stereocenters. The molecule has 0 bridgehead atoms. The summed E-state index contributed by atoms with van der Waals surface area (Å²) in [6.07, 6.45) is 0. The van der Waals surface area contributed by atoms with Gasteiger partial charge in [0.05, 0.1) is 5.52 Å². The summed E-state index contributed by atoms with van der Waals surface area (Å²) in [5, 5.41) is 6.28. The summed E-state index contributed by atoms with van der Waals surface area (Å²) in [7, 11) is 0. The average Bonchev–Trinajstić information content (AvgIpc) is 3.47. The van der Waals surface area contributed by atoms with Crippen LogP contribution in [-0.4, -0.2) is 11.3 Å². The van der Waals surface area contributed by atoms with Crippen molar-refractivity contribution in [2.75, 3.05) is 0 Å². The number of nitrogens with zero attached hydrogens (tertiary/aromatic N) is 1. The van der Waals surface area contributed by atoms with Gasteiger partial charge in [-0.15, -0.1) is 0 Å². The lowest BCUT2D eigenvalue weighted by molar-refractivity contribution is 0.488. The van der Waals surface area contributed by atoms with Gasteiger partial charge in [0, 0.05) is 22.2 Å². The minimum Gasteiger partial charge on any atom is -0.458 e. The first-order valence-corrected chi connectivity index (χ1v) is 12.8. The first-order valence-electron chi connectivity index (χ1n) is 12.8. The number of para-hydroxylation sites is 2. The number of fused-ring (bicyclic) bond motifs is 10. The third-order valence-electron chi connectivity index (χ3n) is 8.23. The third-order valence-corrected chi connectivity index (χ3v) is 8.23. The molecule has 0 saturated heterocycles. The monoisotopic (exact) mass is 469 g/mol. The molecular formula is C34H20BNO. The number of rotatable bonds is 1. The molecule has 0 fully saturated rings. The fourth-order valence-corrected chi connectivity index (χ4v) is 6.74. The van der Waals surface area contributed by atoms with Crippen LogP contribution in [0.1, 0.15) is 0 Å². The second-order valence-electron chi connectivity index (χ2n) is 10.1. The van der Waals surface area contributed by atoms with Crippen LogP contribution in [0.5, 0.6) is 11.5 Å². The van der Waals surface area contributed by atoms with Crippen LogP contribution in [0, 0.1) is 0 Å². The summed E-state index contributed by atoms with van der Waals surface area (Å²) in [5.41, 5.74) is 8.91. The summed E-state index contributed by atoms with van der Waals surface area (Å²) in [4.78, 5) is 0. The zero-order valence-corrected chi connectivity index (χ0v) is 20.0. The van der Waals surface area contributed by atoms with Gasteiger partial charge in [0.25, 0.3) is 6.71 Å².